The number of hydrogen-bond donors (Lipinski definition) is 0. The molecule has 4 heterocycles. The number of fused-ring (bicyclic) bond motifs is 2. The lowest BCUT2D eigenvalue weighted by Gasteiger charge is -2.40. The van der Waals surface area contributed by atoms with Crippen LogP contribution < -0.4 is 16.0 Å². The zero-order valence-corrected chi connectivity index (χ0v) is 15.1. The lowest BCUT2D eigenvalue weighted by Crippen LogP contribution is -2.51. The van der Waals surface area contributed by atoms with Crippen LogP contribution in [0.1, 0.15) is 17.7 Å². The third-order valence-electron chi connectivity index (χ3n) is 5.52. The fourth-order valence-corrected chi connectivity index (χ4v) is 4.04. The average molecular weight is 364 g/mol. The molecule has 0 bridgehead atoms. The second kappa shape index (κ2) is 6.00. The molecule has 0 saturated carbocycles. The third kappa shape index (κ3) is 2.63. The van der Waals surface area contributed by atoms with E-state index in [1.807, 2.05) is 0 Å². The minimum absolute atomic E-state index is 0.0190. The van der Waals surface area contributed by atoms with Crippen LogP contribution in [0.3, 0.4) is 0 Å². The fourth-order valence-electron chi connectivity index (χ4n) is 4.04. The summed E-state index contributed by atoms with van der Waals surface area (Å²) in [5.74, 6) is 0.933. The van der Waals surface area contributed by atoms with Gasteiger partial charge in [-0.25, -0.2) is 9.67 Å². The molecule has 3 aromatic rings. The van der Waals surface area contributed by atoms with E-state index in [0.717, 1.165) is 43.6 Å². The summed E-state index contributed by atoms with van der Waals surface area (Å²) in [4.78, 5) is 35.6. The van der Waals surface area contributed by atoms with Crippen molar-refractivity contribution in [3.8, 4) is 0 Å². The standard InChI is InChI=1S/C19H20N6O2/c1-23-18(27)14-5-3-7-20-17(14)21-19(23)24-9-12(10-24)11-25-16(26)8-13-4-2-6-15(13)22-25/h3,5,7-8,12H,2,4,6,9-11H2,1H3. The lowest BCUT2D eigenvalue weighted by atomic mass is 10.0. The molecule has 5 rings (SSSR count). The van der Waals surface area contributed by atoms with Gasteiger partial charge in [0.2, 0.25) is 5.95 Å². The Hall–Kier alpha value is -3.03. The summed E-state index contributed by atoms with van der Waals surface area (Å²) in [6.45, 7) is 2.08. The molecule has 0 unspecified atom stereocenters. The normalized spacial score (nSPS) is 16.6. The van der Waals surface area contributed by atoms with E-state index in [0.29, 0.717) is 29.4 Å². The molecule has 3 aromatic heterocycles. The first kappa shape index (κ1) is 16.2. The first-order valence-corrected chi connectivity index (χ1v) is 9.27. The highest BCUT2D eigenvalue weighted by atomic mass is 16.1. The van der Waals surface area contributed by atoms with Crippen molar-refractivity contribution in [1.29, 1.82) is 0 Å². The Morgan fingerprint density at radius 2 is 2.07 bits per heavy atom. The van der Waals surface area contributed by atoms with Gasteiger partial charge in [-0.2, -0.15) is 10.1 Å². The Kier molecular flexibility index (Phi) is 3.60. The molecule has 0 aromatic carbocycles. The van der Waals surface area contributed by atoms with Gasteiger partial charge in [0.15, 0.2) is 5.65 Å². The summed E-state index contributed by atoms with van der Waals surface area (Å²) >= 11 is 0. The summed E-state index contributed by atoms with van der Waals surface area (Å²) in [5.41, 5.74) is 2.53. The van der Waals surface area contributed by atoms with Crippen LogP contribution in [0.5, 0.6) is 0 Å². The maximum atomic E-state index is 12.5. The van der Waals surface area contributed by atoms with Gasteiger partial charge in [0, 0.05) is 38.3 Å². The molecule has 27 heavy (non-hydrogen) atoms. The van der Waals surface area contributed by atoms with E-state index in [4.69, 9.17) is 0 Å². The molecule has 8 nitrogen and oxygen atoms in total. The Balaban J connectivity index is 1.36. The quantitative estimate of drug-likeness (QED) is 0.673. The molecule has 1 saturated heterocycles. The van der Waals surface area contributed by atoms with Crippen LogP contribution in [0.4, 0.5) is 5.95 Å². The smallest absolute Gasteiger partial charge is 0.267 e. The van der Waals surface area contributed by atoms with Gasteiger partial charge in [0.1, 0.15) is 0 Å². The van der Waals surface area contributed by atoms with E-state index < -0.39 is 0 Å². The van der Waals surface area contributed by atoms with Crippen molar-refractivity contribution in [3.63, 3.8) is 0 Å². The van der Waals surface area contributed by atoms with Gasteiger partial charge in [-0.3, -0.25) is 14.2 Å². The molecule has 1 fully saturated rings. The van der Waals surface area contributed by atoms with E-state index in [1.165, 1.54) is 0 Å². The van der Waals surface area contributed by atoms with Crippen molar-refractivity contribution in [2.24, 2.45) is 13.0 Å². The summed E-state index contributed by atoms with van der Waals surface area (Å²) in [6.07, 6.45) is 4.65. The minimum Gasteiger partial charge on any atom is -0.341 e. The monoisotopic (exact) mass is 364 g/mol. The highest BCUT2D eigenvalue weighted by Gasteiger charge is 2.31. The van der Waals surface area contributed by atoms with E-state index in [1.54, 1.807) is 40.7 Å². The maximum absolute atomic E-state index is 12.5. The van der Waals surface area contributed by atoms with E-state index >= 15 is 0 Å². The van der Waals surface area contributed by atoms with Crippen LogP contribution in [0.15, 0.2) is 34.0 Å². The zero-order chi connectivity index (χ0) is 18.5. The molecule has 8 heteroatoms. The van der Waals surface area contributed by atoms with E-state index in [-0.39, 0.29) is 11.1 Å². The molecule has 0 atom stereocenters. The molecule has 2 aliphatic rings. The van der Waals surface area contributed by atoms with Crippen LogP contribution in [0.25, 0.3) is 11.0 Å². The number of pyridine rings is 1. The van der Waals surface area contributed by atoms with Gasteiger partial charge in [0.25, 0.3) is 11.1 Å². The predicted molar refractivity (Wildman–Crippen MR) is 101 cm³/mol. The maximum Gasteiger partial charge on any atom is 0.267 e. The van der Waals surface area contributed by atoms with Crippen LogP contribution in [0.2, 0.25) is 0 Å². The number of nitrogens with zero attached hydrogens (tertiary/aromatic N) is 6. The Morgan fingerprint density at radius 3 is 2.93 bits per heavy atom. The molecule has 1 aliphatic heterocycles. The van der Waals surface area contributed by atoms with Crippen LogP contribution in [-0.4, -0.2) is 37.4 Å². The average Bonchev–Trinajstić information content (AvgIpc) is 3.08. The van der Waals surface area contributed by atoms with E-state index in [9.17, 15) is 9.59 Å². The van der Waals surface area contributed by atoms with Gasteiger partial charge >= 0.3 is 0 Å². The number of rotatable bonds is 3. The summed E-state index contributed by atoms with van der Waals surface area (Å²) < 4.78 is 3.17. The molecule has 0 spiro atoms. The number of aromatic nitrogens is 5. The van der Waals surface area contributed by atoms with Gasteiger partial charge in [0.05, 0.1) is 17.6 Å². The second-order valence-electron chi connectivity index (χ2n) is 7.41. The topological polar surface area (TPSA) is 85.9 Å². The highest BCUT2D eigenvalue weighted by molar-refractivity contribution is 5.74. The lowest BCUT2D eigenvalue weighted by molar-refractivity contribution is 0.327. The van der Waals surface area contributed by atoms with Crippen molar-refractivity contribution in [2.45, 2.75) is 25.8 Å². The second-order valence-corrected chi connectivity index (χ2v) is 7.41. The minimum atomic E-state index is -0.0944. The summed E-state index contributed by atoms with van der Waals surface area (Å²) in [7, 11) is 1.73. The molecule has 0 amide bonds. The van der Waals surface area contributed by atoms with Crippen molar-refractivity contribution < 1.29 is 0 Å². The first-order chi connectivity index (χ1) is 13.1. The van der Waals surface area contributed by atoms with Crippen molar-refractivity contribution in [3.05, 3.63) is 56.4 Å². The number of aryl methyl sites for hydroxylation is 2. The van der Waals surface area contributed by atoms with E-state index in [2.05, 4.69) is 20.0 Å². The zero-order valence-electron chi connectivity index (χ0n) is 15.1. The van der Waals surface area contributed by atoms with Crippen LogP contribution in [0, 0.1) is 5.92 Å². The van der Waals surface area contributed by atoms with Crippen LogP contribution in [-0.2, 0) is 26.4 Å². The van der Waals surface area contributed by atoms with Crippen molar-refractivity contribution >= 4 is 17.0 Å². The Bertz CT molecular complexity index is 1160. The van der Waals surface area contributed by atoms with Gasteiger partial charge < -0.3 is 4.90 Å². The third-order valence-corrected chi connectivity index (χ3v) is 5.52. The molecule has 0 N–H and O–H groups in total. The van der Waals surface area contributed by atoms with Gasteiger partial charge in [-0.15, -0.1) is 0 Å². The predicted octanol–water partition coefficient (Wildman–Crippen LogP) is 0.510. The van der Waals surface area contributed by atoms with Crippen molar-refractivity contribution in [2.75, 3.05) is 18.0 Å². The molecule has 138 valence electrons. The Labute approximate surface area is 155 Å². The van der Waals surface area contributed by atoms with Crippen molar-refractivity contribution in [1.82, 2.24) is 24.3 Å². The van der Waals surface area contributed by atoms with Gasteiger partial charge in [-0.1, -0.05) is 0 Å². The number of anilines is 1. The molecule has 1 aliphatic carbocycles. The largest absolute Gasteiger partial charge is 0.341 e. The molecule has 0 radical (unpaired) electrons. The number of hydrogen-bond acceptors (Lipinski definition) is 6. The SMILES string of the molecule is Cn1c(N2CC(Cn3nc4c(cc3=O)CCC4)C2)nc2ncccc2c1=O. The van der Waals surface area contributed by atoms with Gasteiger partial charge in [-0.05, 0) is 37.0 Å². The van der Waals surface area contributed by atoms with Crippen LogP contribution >= 0.6 is 0 Å². The molecular weight excluding hydrogens is 344 g/mol. The molecular formula is C19H20N6O2. The summed E-state index contributed by atoms with van der Waals surface area (Å²) in [6, 6.07) is 5.23. The highest BCUT2D eigenvalue weighted by Crippen LogP contribution is 2.24. The fraction of sp³-hybridized carbons (Fsp3) is 0.421. The first-order valence-electron chi connectivity index (χ1n) is 9.27. The Morgan fingerprint density at radius 1 is 1.22 bits per heavy atom. The summed E-state index contributed by atoms with van der Waals surface area (Å²) in [5, 5.41) is 5.07.